The summed E-state index contributed by atoms with van der Waals surface area (Å²) in [6, 6.07) is 11.6. The van der Waals surface area contributed by atoms with Gasteiger partial charge < -0.3 is 4.90 Å². The maximum Gasteiger partial charge on any atom is 0.278 e. The van der Waals surface area contributed by atoms with Crippen LogP contribution in [0, 0.1) is 6.92 Å². The van der Waals surface area contributed by atoms with E-state index in [0.717, 1.165) is 30.8 Å². The number of anilines is 1. The molecule has 4 nitrogen and oxygen atoms in total. The maximum atomic E-state index is 12.5. The van der Waals surface area contributed by atoms with Crippen LogP contribution >= 0.6 is 0 Å². The number of hydrogen-bond donors (Lipinski definition) is 0. The van der Waals surface area contributed by atoms with Crippen molar-refractivity contribution in [3.63, 3.8) is 0 Å². The number of amides is 1. The molecule has 1 aliphatic rings. The van der Waals surface area contributed by atoms with Crippen LogP contribution in [0.25, 0.3) is 0 Å². The fourth-order valence-electron chi connectivity index (χ4n) is 2.40. The van der Waals surface area contributed by atoms with Gasteiger partial charge in [0.25, 0.3) is 5.91 Å². The molecule has 96 valence electrons. The molecule has 0 bridgehead atoms. The first-order valence-electron chi connectivity index (χ1n) is 6.46. The number of rotatable bonds is 1. The van der Waals surface area contributed by atoms with E-state index >= 15 is 0 Å². The number of para-hydroxylation sites is 1. The highest BCUT2D eigenvalue weighted by Gasteiger charge is 2.24. The first-order valence-corrected chi connectivity index (χ1v) is 6.46. The first kappa shape index (κ1) is 11.8. The molecule has 1 aromatic carbocycles. The summed E-state index contributed by atoms with van der Waals surface area (Å²) in [6.07, 6.45) is 2.02. The normalized spacial score (nSPS) is 14.1. The molecule has 0 saturated carbocycles. The zero-order valence-electron chi connectivity index (χ0n) is 10.8. The molecule has 1 amide bonds. The third-order valence-electron chi connectivity index (χ3n) is 3.37. The zero-order valence-corrected chi connectivity index (χ0v) is 10.8. The molecule has 0 saturated heterocycles. The van der Waals surface area contributed by atoms with Gasteiger partial charge in [0.05, 0.1) is 5.69 Å². The molecule has 0 aliphatic carbocycles. The van der Waals surface area contributed by atoms with Crippen LogP contribution in [0.5, 0.6) is 0 Å². The number of carbonyl (C=O) groups is 1. The zero-order chi connectivity index (χ0) is 13.2. The highest BCUT2D eigenvalue weighted by atomic mass is 16.2. The Hall–Kier alpha value is -2.23. The summed E-state index contributed by atoms with van der Waals surface area (Å²) in [5, 5.41) is 7.94. The molecule has 2 heterocycles. The Morgan fingerprint density at radius 3 is 2.79 bits per heavy atom. The van der Waals surface area contributed by atoms with Crippen LogP contribution in [0.15, 0.2) is 36.4 Å². The Labute approximate surface area is 112 Å². The van der Waals surface area contributed by atoms with Crippen LogP contribution in [-0.2, 0) is 6.42 Å². The summed E-state index contributed by atoms with van der Waals surface area (Å²) in [6.45, 7) is 2.60. The molecular formula is C15H15N3O. The molecule has 2 aromatic rings. The Balaban J connectivity index is 1.95. The van der Waals surface area contributed by atoms with Crippen molar-refractivity contribution < 1.29 is 4.79 Å². The second kappa shape index (κ2) is 4.80. The van der Waals surface area contributed by atoms with Crippen LogP contribution in [0.1, 0.15) is 28.2 Å². The second-order valence-corrected chi connectivity index (χ2v) is 4.75. The van der Waals surface area contributed by atoms with Gasteiger partial charge in [0.2, 0.25) is 0 Å². The van der Waals surface area contributed by atoms with E-state index in [2.05, 4.69) is 16.3 Å². The van der Waals surface area contributed by atoms with Crippen LogP contribution in [0.2, 0.25) is 0 Å². The van der Waals surface area contributed by atoms with Gasteiger partial charge in [0, 0.05) is 12.2 Å². The SMILES string of the molecule is Cc1ccc(C(=O)N2CCCc3ccccc32)nn1. The van der Waals surface area contributed by atoms with Crippen molar-refractivity contribution in [2.45, 2.75) is 19.8 Å². The number of aromatic nitrogens is 2. The third kappa shape index (κ3) is 2.21. The van der Waals surface area contributed by atoms with Crippen molar-refractivity contribution in [2.24, 2.45) is 0 Å². The van der Waals surface area contributed by atoms with Gasteiger partial charge in [-0.2, -0.15) is 5.10 Å². The van der Waals surface area contributed by atoms with Crippen molar-refractivity contribution in [2.75, 3.05) is 11.4 Å². The van der Waals surface area contributed by atoms with Gasteiger partial charge in [0.1, 0.15) is 0 Å². The average Bonchev–Trinajstić information content (AvgIpc) is 2.47. The summed E-state index contributed by atoms with van der Waals surface area (Å²) in [4.78, 5) is 14.3. The van der Waals surface area contributed by atoms with Crippen molar-refractivity contribution >= 4 is 11.6 Å². The Morgan fingerprint density at radius 2 is 2.00 bits per heavy atom. The molecule has 1 aromatic heterocycles. The maximum absolute atomic E-state index is 12.5. The van der Waals surface area contributed by atoms with Crippen LogP contribution in [-0.4, -0.2) is 22.6 Å². The van der Waals surface area contributed by atoms with E-state index in [1.807, 2.05) is 31.2 Å². The Morgan fingerprint density at radius 1 is 1.16 bits per heavy atom. The number of fused-ring (bicyclic) bond motifs is 1. The van der Waals surface area contributed by atoms with E-state index in [1.165, 1.54) is 5.56 Å². The monoisotopic (exact) mass is 253 g/mol. The molecule has 0 radical (unpaired) electrons. The number of benzene rings is 1. The van der Waals surface area contributed by atoms with Gasteiger partial charge in [-0.1, -0.05) is 18.2 Å². The molecule has 0 fully saturated rings. The highest BCUT2D eigenvalue weighted by Crippen LogP contribution is 2.27. The average molecular weight is 253 g/mol. The second-order valence-electron chi connectivity index (χ2n) is 4.75. The summed E-state index contributed by atoms with van der Waals surface area (Å²) in [5.41, 5.74) is 3.45. The fraction of sp³-hybridized carbons (Fsp3) is 0.267. The number of aryl methyl sites for hydroxylation is 2. The lowest BCUT2D eigenvalue weighted by Gasteiger charge is -2.29. The molecule has 0 unspecified atom stereocenters. The third-order valence-corrected chi connectivity index (χ3v) is 3.37. The molecule has 0 atom stereocenters. The molecule has 19 heavy (non-hydrogen) atoms. The number of carbonyl (C=O) groups excluding carboxylic acids is 1. The van der Waals surface area contributed by atoms with E-state index in [1.54, 1.807) is 11.0 Å². The van der Waals surface area contributed by atoms with Gasteiger partial charge in [-0.15, -0.1) is 5.10 Å². The predicted molar refractivity (Wildman–Crippen MR) is 73.2 cm³/mol. The number of hydrogen-bond acceptors (Lipinski definition) is 3. The van der Waals surface area contributed by atoms with Crippen LogP contribution < -0.4 is 4.90 Å². The fourth-order valence-corrected chi connectivity index (χ4v) is 2.40. The van der Waals surface area contributed by atoms with Gasteiger partial charge in [0.15, 0.2) is 5.69 Å². The lowest BCUT2D eigenvalue weighted by molar-refractivity contribution is 0.0979. The van der Waals surface area contributed by atoms with Crippen molar-refractivity contribution in [1.29, 1.82) is 0 Å². The predicted octanol–water partition coefficient (Wildman–Crippen LogP) is 2.38. The van der Waals surface area contributed by atoms with Crippen molar-refractivity contribution in [3.8, 4) is 0 Å². The number of nitrogens with zero attached hydrogens (tertiary/aromatic N) is 3. The van der Waals surface area contributed by atoms with Crippen LogP contribution in [0.4, 0.5) is 5.69 Å². The molecular weight excluding hydrogens is 238 g/mol. The molecule has 0 N–H and O–H groups in total. The van der Waals surface area contributed by atoms with Gasteiger partial charge in [-0.25, -0.2) is 0 Å². The van der Waals surface area contributed by atoms with E-state index in [-0.39, 0.29) is 5.91 Å². The largest absolute Gasteiger partial charge is 0.307 e. The van der Waals surface area contributed by atoms with E-state index in [9.17, 15) is 4.79 Å². The minimum Gasteiger partial charge on any atom is -0.307 e. The smallest absolute Gasteiger partial charge is 0.278 e. The first-order chi connectivity index (χ1) is 9.25. The van der Waals surface area contributed by atoms with Gasteiger partial charge in [-0.3, -0.25) is 4.79 Å². The van der Waals surface area contributed by atoms with Crippen molar-refractivity contribution in [3.05, 3.63) is 53.3 Å². The summed E-state index contributed by atoms with van der Waals surface area (Å²) >= 11 is 0. The topological polar surface area (TPSA) is 46.1 Å². The minimum atomic E-state index is -0.0698. The quantitative estimate of drug-likeness (QED) is 0.784. The molecule has 4 heteroatoms. The van der Waals surface area contributed by atoms with Gasteiger partial charge in [-0.05, 0) is 43.5 Å². The minimum absolute atomic E-state index is 0.0698. The summed E-state index contributed by atoms with van der Waals surface area (Å²) in [7, 11) is 0. The van der Waals surface area contributed by atoms with E-state index in [4.69, 9.17) is 0 Å². The molecule has 1 aliphatic heterocycles. The van der Waals surface area contributed by atoms with Crippen LogP contribution in [0.3, 0.4) is 0 Å². The molecule has 0 spiro atoms. The van der Waals surface area contributed by atoms with E-state index in [0.29, 0.717) is 5.69 Å². The lowest BCUT2D eigenvalue weighted by Crippen LogP contribution is -2.36. The molecule has 3 rings (SSSR count). The van der Waals surface area contributed by atoms with Crippen molar-refractivity contribution in [1.82, 2.24) is 10.2 Å². The Kier molecular flexibility index (Phi) is 2.99. The summed E-state index contributed by atoms with van der Waals surface area (Å²) in [5.74, 6) is -0.0698. The van der Waals surface area contributed by atoms with Gasteiger partial charge >= 0.3 is 0 Å². The van der Waals surface area contributed by atoms with E-state index < -0.39 is 0 Å². The Bertz CT molecular complexity index is 607. The standard InChI is InChI=1S/C15H15N3O/c1-11-8-9-13(17-16-11)15(19)18-10-4-6-12-5-2-3-7-14(12)18/h2-3,5,7-9H,4,6,10H2,1H3. The highest BCUT2D eigenvalue weighted by molar-refractivity contribution is 6.05. The summed E-state index contributed by atoms with van der Waals surface area (Å²) < 4.78 is 0. The lowest BCUT2D eigenvalue weighted by atomic mass is 10.0.